The van der Waals surface area contributed by atoms with Crippen LogP contribution in [0.5, 0.6) is 0 Å². The summed E-state index contributed by atoms with van der Waals surface area (Å²) in [4.78, 5) is 76.9. The van der Waals surface area contributed by atoms with Gasteiger partial charge in [0.15, 0.2) is 0 Å². The lowest BCUT2D eigenvalue weighted by molar-refractivity contribution is 0.0956. The van der Waals surface area contributed by atoms with Gasteiger partial charge >= 0.3 is 52.8 Å². The van der Waals surface area contributed by atoms with Crippen molar-refractivity contribution >= 4 is 83.9 Å². The molecule has 12 nitrogen and oxygen atoms in total. The highest BCUT2D eigenvalue weighted by molar-refractivity contribution is 7.00. The highest BCUT2D eigenvalue weighted by Crippen LogP contribution is 2.28. The van der Waals surface area contributed by atoms with Crippen LogP contribution in [0.2, 0.25) is 0 Å². The van der Waals surface area contributed by atoms with Crippen LogP contribution in [0, 0.1) is 0 Å². The van der Waals surface area contributed by atoms with Crippen LogP contribution in [0.3, 0.4) is 0 Å². The molecule has 1 aliphatic heterocycles. The van der Waals surface area contributed by atoms with Crippen molar-refractivity contribution < 1.29 is 53.5 Å². The second kappa shape index (κ2) is 15.3. The van der Waals surface area contributed by atoms with Gasteiger partial charge in [0.1, 0.15) is 0 Å². The van der Waals surface area contributed by atoms with Gasteiger partial charge in [-0.1, -0.05) is 182 Å². The third kappa shape index (κ3) is 7.93. The van der Waals surface area contributed by atoms with Crippen LogP contribution in [0.25, 0.3) is 0 Å². The Balaban J connectivity index is 1.54. The fraction of sp³-hybridized carbons (Fsp3) is 0. The molecule has 54 heavy (non-hydrogen) atoms. The topological polar surface area (TPSA) is 177 Å². The molecule has 1 saturated heterocycles. The molecule has 0 bridgehead atoms. The van der Waals surface area contributed by atoms with Gasteiger partial charge in [-0.2, -0.15) is 0 Å². The highest BCUT2D eigenvalue weighted by Gasteiger charge is 2.68. The Morgan fingerprint density at radius 1 is 0.204 bits per heavy atom. The molecular weight excluding hydrogens is 793 g/mol. The fourth-order valence-electron chi connectivity index (χ4n) is 5.85. The van der Waals surface area contributed by atoms with E-state index in [9.17, 15) is 28.8 Å². The van der Waals surface area contributed by atoms with Crippen LogP contribution < -0.4 is 31.1 Å². The summed E-state index contributed by atoms with van der Waals surface area (Å²) in [6, 6.07) is 47.0. The van der Waals surface area contributed by atoms with Gasteiger partial charge in [0.25, 0.3) is 0 Å². The average Bonchev–Trinajstić information content (AvgIpc) is 3.19. The largest absolute Gasteiger partial charge is 0.520 e. The average molecular weight is 829 g/mol. The van der Waals surface area contributed by atoms with E-state index in [1.54, 1.807) is 109 Å². The Morgan fingerprint density at radius 2 is 0.315 bits per heavy atom. The molecule has 7 rings (SSSR count). The second-order valence-corrected chi connectivity index (χ2v) is 27.6. The van der Waals surface area contributed by atoms with E-state index in [2.05, 4.69) is 0 Å². The zero-order chi connectivity index (χ0) is 37.9. The second-order valence-electron chi connectivity index (χ2n) is 12.3. The van der Waals surface area contributed by atoms with Gasteiger partial charge in [-0.05, 0) is 0 Å². The Morgan fingerprint density at radius 3 is 0.426 bits per heavy atom. The monoisotopic (exact) mass is 828 g/mol. The molecule has 0 amide bonds. The summed E-state index contributed by atoms with van der Waals surface area (Å²) in [5.74, 6) is 0. The number of benzene rings is 6. The number of hydrogen-bond donors (Lipinski definition) is 6. The molecule has 0 atom stereocenters. The summed E-state index contributed by atoms with van der Waals surface area (Å²) >= 11 is 0. The first-order valence-corrected chi connectivity index (χ1v) is 27.3. The molecule has 1 aliphatic rings. The molecule has 0 aliphatic carbocycles. The first kappa shape index (κ1) is 38.4. The van der Waals surface area contributed by atoms with Crippen LogP contribution in [0.15, 0.2) is 182 Å². The Kier molecular flexibility index (Phi) is 10.9. The van der Waals surface area contributed by atoms with Gasteiger partial charge in [-0.15, -0.1) is 0 Å². The van der Waals surface area contributed by atoms with Crippen molar-refractivity contribution in [3.63, 3.8) is 0 Å². The zero-order valence-electron chi connectivity index (χ0n) is 28.5. The Hall–Kier alpha value is -3.86. The van der Waals surface area contributed by atoms with Crippen molar-refractivity contribution in [1.29, 1.82) is 0 Å². The highest BCUT2D eigenvalue weighted by atomic mass is 28.6. The first-order valence-electron chi connectivity index (χ1n) is 16.8. The van der Waals surface area contributed by atoms with Gasteiger partial charge in [0.05, 0.1) is 0 Å². The van der Waals surface area contributed by atoms with Crippen molar-refractivity contribution in [3.8, 4) is 0 Å². The van der Waals surface area contributed by atoms with Gasteiger partial charge in [-0.3, -0.25) is 0 Å². The quantitative estimate of drug-likeness (QED) is 0.115. The third-order valence-electron chi connectivity index (χ3n) is 8.49. The van der Waals surface area contributed by atoms with Gasteiger partial charge in [-0.25, -0.2) is 0 Å². The minimum atomic E-state index is -5.22. The SMILES string of the molecule is O[Si]1(c2ccccc2)O[Si](O)(c2ccccc2)O[Si](O)(c2ccccc2)O[Si](O)(c2ccccc2)O[Si](O)(c2ccccc2)O[Si](O)(c2ccccc2)O1. The fourth-order valence-corrected chi connectivity index (χ4v) is 27.4. The molecule has 18 heteroatoms. The van der Waals surface area contributed by atoms with Crippen LogP contribution >= 0.6 is 0 Å². The Bertz CT molecular complexity index is 1720. The van der Waals surface area contributed by atoms with E-state index < -0.39 is 52.8 Å². The van der Waals surface area contributed by atoms with Gasteiger partial charge in [0, 0.05) is 31.1 Å². The molecule has 0 aromatic heterocycles. The molecular formula is C36H36O12Si6. The molecule has 0 saturated carbocycles. The molecule has 6 N–H and O–H groups in total. The molecule has 1 heterocycles. The van der Waals surface area contributed by atoms with Gasteiger partial charge in [0.2, 0.25) is 0 Å². The van der Waals surface area contributed by atoms with E-state index >= 15 is 0 Å². The van der Waals surface area contributed by atoms with Gasteiger partial charge < -0.3 is 53.5 Å². The van der Waals surface area contributed by atoms with Crippen LogP contribution in [0.1, 0.15) is 0 Å². The third-order valence-corrected chi connectivity index (χ3v) is 28.2. The lowest BCUT2D eigenvalue weighted by Gasteiger charge is -2.44. The summed E-state index contributed by atoms with van der Waals surface area (Å²) in [6.45, 7) is 0. The van der Waals surface area contributed by atoms with Crippen molar-refractivity contribution in [3.05, 3.63) is 182 Å². The maximum absolute atomic E-state index is 12.8. The molecule has 1 fully saturated rings. The van der Waals surface area contributed by atoms with Crippen molar-refractivity contribution in [1.82, 2.24) is 0 Å². The molecule has 6 aromatic carbocycles. The van der Waals surface area contributed by atoms with Crippen molar-refractivity contribution in [2.24, 2.45) is 0 Å². The first-order chi connectivity index (χ1) is 25.9. The molecule has 0 spiro atoms. The summed E-state index contributed by atoms with van der Waals surface area (Å²) in [5.41, 5.74) is 0. The minimum Gasteiger partial charge on any atom is -0.387 e. The molecule has 0 unspecified atom stereocenters. The normalized spacial score (nSPS) is 30.8. The van der Waals surface area contributed by atoms with Crippen LogP contribution in [0.4, 0.5) is 0 Å². The molecule has 6 aromatic rings. The standard InChI is InChI=1S/C36H36O12Si6/c37-49(31-19-7-1-8-20-31)43-50(38,32-21-9-2-10-22-32)45-52(40,34-25-13-4-14-26-34)47-54(42,36-29-17-6-18-30-36)48-53(41,35-27-15-5-16-28-35)46-51(39,44-49)33-23-11-3-12-24-33/h1-30,37-42H. The summed E-state index contributed by atoms with van der Waals surface area (Å²) in [6.07, 6.45) is 0. The maximum Gasteiger partial charge on any atom is 0.520 e. The van der Waals surface area contributed by atoms with Crippen LogP contribution in [-0.4, -0.2) is 81.6 Å². The summed E-state index contributed by atoms with van der Waals surface area (Å²) < 4.78 is 38.5. The number of rotatable bonds is 6. The lowest BCUT2D eigenvalue weighted by atomic mass is 10.4. The Labute approximate surface area is 318 Å². The summed E-state index contributed by atoms with van der Waals surface area (Å²) in [7, 11) is -31.3. The van der Waals surface area contributed by atoms with Crippen molar-refractivity contribution in [2.75, 3.05) is 0 Å². The minimum absolute atomic E-state index is 0.0183. The smallest absolute Gasteiger partial charge is 0.387 e. The molecule has 276 valence electrons. The van der Waals surface area contributed by atoms with E-state index in [1.807, 2.05) is 0 Å². The summed E-state index contributed by atoms with van der Waals surface area (Å²) in [5, 5.41) is 0.110. The van der Waals surface area contributed by atoms with E-state index in [1.165, 1.54) is 72.8 Å². The van der Waals surface area contributed by atoms with E-state index in [0.29, 0.717) is 0 Å². The van der Waals surface area contributed by atoms with E-state index in [-0.39, 0.29) is 31.1 Å². The predicted octanol–water partition coefficient (Wildman–Crippen LogP) is -0.870. The lowest BCUT2D eigenvalue weighted by Crippen LogP contribution is -2.80. The zero-order valence-corrected chi connectivity index (χ0v) is 34.5. The van der Waals surface area contributed by atoms with Crippen molar-refractivity contribution in [2.45, 2.75) is 0 Å². The van der Waals surface area contributed by atoms with E-state index in [0.717, 1.165) is 0 Å². The maximum atomic E-state index is 12.8. The number of hydrogen-bond acceptors (Lipinski definition) is 12. The predicted molar refractivity (Wildman–Crippen MR) is 211 cm³/mol. The molecule has 0 radical (unpaired) electrons. The van der Waals surface area contributed by atoms with E-state index in [4.69, 9.17) is 24.7 Å². The van der Waals surface area contributed by atoms with Crippen LogP contribution in [-0.2, 0) is 24.7 Å².